The molecule has 3 aromatic rings. The van der Waals surface area contributed by atoms with Crippen molar-refractivity contribution >= 4 is 28.5 Å². The Kier molecular flexibility index (Phi) is 6.42. The minimum Gasteiger partial charge on any atom is -0.349 e. The predicted octanol–water partition coefficient (Wildman–Crippen LogP) is 5.81. The van der Waals surface area contributed by atoms with E-state index in [1.165, 1.54) is 25.7 Å². The van der Waals surface area contributed by atoms with Gasteiger partial charge in [0.25, 0.3) is 5.91 Å². The van der Waals surface area contributed by atoms with Crippen molar-refractivity contribution in [2.75, 3.05) is 5.32 Å². The lowest BCUT2D eigenvalue weighted by Crippen LogP contribution is -2.36. The molecular weight excluding hydrogens is 412 g/mol. The van der Waals surface area contributed by atoms with E-state index in [9.17, 15) is 9.59 Å². The van der Waals surface area contributed by atoms with Crippen LogP contribution in [0.3, 0.4) is 0 Å². The summed E-state index contributed by atoms with van der Waals surface area (Å²) in [6.07, 6.45) is 11.3. The second-order valence-corrected chi connectivity index (χ2v) is 9.53. The first kappa shape index (κ1) is 21.7. The molecule has 2 aliphatic rings. The normalized spacial score (nSPS) is 17.7. The van der Waals surface area contributed by atoms with Crippen LogP contribution in [0.25, 0.3) is 22.4 Å². The van der Waals surface area contributed by atoms with Gasteiger partial charge in [-0.1, -0.05) is 38.5 Å². The van der Waals surface area contributed by atoms with Gasteiger partial charge in [0.05, 0.1) is 11.0 Å². The number of hydrogen-bond donors (Lipinski definition) is 3. The van der Waals surface area contributed by atoms with E-state index in [0.717, 1.165) is 66.6 Å². The lowest BCUT2D eigenvalue weighted by atomic mass is 9.88. The molecule has 2 fully saturated rings. The van der Waals surface area contributed by atoms with Crippen LogP contribution in [0.2, 0.25) is 0 Å². The zero-order valence-electron chi connectivity index (χ0n) is 19.0. The number of carbonyl (C=O) groups excluding carboxylic acids is 2. The summed E-state index contributed by atoms with van der Waals surface area (Å²) < 4.78 is 0. The lowest BCUT2D eigenvalue weighted by Gasteiger charge is -2.22. The number of amides is 2. The smallest absolute Gasteiger partial charge is 0.251 e. The number of carbonyl (C=O) groups is 2. The number of fused-ring (bicyclic) bond motifs is 1. The van der Waals surface area contributed by atoms with E-state index in [4.69, 9.17) is 0 Å². The first-order valence-corrected chi connectivity index (χ1v) is 12.4. The first-order chi connectivity index (χ1) is 16.2. The second-order valence-electron chi connectivity index (χ2n) is 9.53. The monoisotopic (exact) mass is 444 g/mol. The SMILES string of the molecule is O=C(NC1CCCCC1)c1ccc2nc(-c3ccc(NC(=O)C4CCCCC4)cc3)[nH]c2c1. The van der Waals surface area contributed by atoms with Gasteiger partial charge in [0.1, 0.15) is 5.82 Å². The fourth-order valence-electron chi connectivity index (χ4n) is 5.12. The molecule has 0 saturated heterocycles. The molecule has 2 amide bonds. The highest BCUT2D eigenvalue weighted by molar-refractivity contribution is 5.98. The highest BCUT2D eigenvalue weighted by atomic mass is 16.2. The molecule has 6 heteroatoms. The van der Waals surface area contributed by atoms with Gasteiger partial charge in [-0.3, -0.25) is 9.59 Å². The van der Waals surface area contributed by atoms with Gasteiger partial charge < -0.3 is 15.6 Å². The number of aromatic nitrogens is 2. The Labute approximate surface area is 194 Å². The van der Waals surface area contributed by atoms with E-state index in [1.807, 2.05) is 42.5 Å². The minimum atomic E-state index is -0.0157. The lowest BCUT2D eigenvalue weighted by molar-refractivity contribution is -0.120. The topological polar surface area (TPSA) is 86.9 Å². The number of rotatable bonds is 5. The third-order valence-electron chi connectivity index (χ3n) is 7.09. The Bertz CT molecular complexity index is 1120. The molecule has 5 rings (SSSR count). The fourth-order valence-corrected chi connectivity index (χ4v) is 5.12. The van der Waals surface area contributed by atoms with Crippen molar-refractivity contribution in [2.45, 2.75) is 70.3 Å². The average Bonchev–Trinajstić information content (AvgIpc) is 3.29. The molecule has 2 saturated carbocycles. The summed E-state index contributed by atoms with van der Waals surface area (Å²) in [7, 11) is 0. The molecule has 0 bridgehead atoms. The summed E-state index contributed by atoms with van der Waals surface area (Å²) in [5, 5.41) is 6.23. The Morgan fingerprint density at radius 2 is 1.55 bits per heavy atom. The number of nitrogens with one attached hydrogen (secondary N) is 3. The van der Waals surface area contributed by atoms with Gasteiger partial charge in [-0.25, -0.2) is 4.98 Å². The number of nitrogens with zero attached hydrogens (tertiary/aromatic N) is 1. The van der Waals surface area contributed by atoms with Crippen LogP contribution in [0, 0.1) is 5.92 Å². The Morgan fingerprint density at radius 3 is 2.27 bits per heavy atom. The molecule has 1 heterocycles. The van der Waals surface area contributed by atoms with Crippen molar-refractivity contribution < 1.29 is 9.59 Å². The maximum Gasteiger partial charge on any atom is 0.251 e. The number of hydrogen-bond acceptors (Lipinski definition) is 3. The summed E-state index contributed by atoms with van der Waals surface area (Å²) in [5.74, 6) is 1.00. The van der Waals surface area contributed by atoms with Crippen LogP contribution in [0.4, 0.5) is 5.69 Å². The van der Waals surface area contributed by atoms with Gasteiger partial charge in [0, 0.05) is 28.8 Å². The molecule has 0 atom stereocenters. The Hall–Kier alpha value is -3.15. The van der Waals surface area contributed by atoms with Crippen LogP contribution in [0.5, 0.6) is 0 Å². The van der Waals surface area contributed by atoms with Crippen LogP contribution in [-0.2, 0) is 4.79 Å². The molecule has 2 aliphatic carbocycles. The van der Waals surface area contributed by atoms with Gasteiger partial charge in [-0.2, -0.15) is 0 Å². The quantitative estimate of drug-likeness (QED) is 0.464. The van der Waals surface area contributed by atoms with E-state index >= 15 is 0 Å². The highest BCUT2D eigenvalue weighted by Crippen LogP contribution is 2.27. The van der Waals surface area contributed by atoms with E-state index in [1.54, 1.807) is 0 Å². The molecule has 6 nitrogen and oxygen atoms in total. The van der Waals surface area contributed by atoms with Crippen molar-refractivity contribution in [3.63, 3.8) is 0 Å². The average molecular weight is 445 g/mol. The van der Waals surface area contributed by atoms with Crippen molar-refractivity contribution in [1.82, 2.24) is 15.3 Å². The molecular formula is C27H32N4O2. The summed E-state index contributed by atoms with van der Waals surface area (Å²) in [4.78, 5) is 33.2. The summed E-state index contributed by atoms with van der Waals surface area (Å²) in [6.45, 7) is 0. The number of benzene rings is 2. The second kappa shape index (κ2) is 9.77. The number of aromatic amines is 1. The molecule has 0 radical (unpaired) electrons. The Balaban J connectivity index is 1.26. The molecule has 1 aromatic heterocycles. The number of H-pyrrole nitrogens is 1. The largest absolute Gasteiger partial charge is 0.349 e. The molecule has 33 heavy (non-hydrogen) atoms. The molecule has 0 unspecified atom stereocenters. The van der Waals surface area contributed by atoms with Crippen LogP contribution in [0.1, 0.15) is 74.6 Å². The van der Waals surface area contributed by atoms with E-state index < -0.39 is 0 Å². The highest BCUT2D eigenvalue weighted by Gasteiger charge is 2.21. The third-order valence-corrected chi connectivity index (χ3v) is 7.09. The third kappa shape index (κ3) is 5.10. The number of imidazole rings is 1. The minimum absolute atomic E-state index is 0.0157. The van der Waals surface area contributed by atoms with Crippen molar-refractivity contribution in [1.29, 1.82) is 0 Å². The Morgan fingerprint density at radius 1 is 0.848 bits per heavy atom. The summed E-state index contributed by atoms with van der Waals surface area (Å²) >= 11 is 0. The predicted molar refractivity (Wildman–Crippen MR) is 131 cm³/mol. The zero-order chi connectivity index (χ0) is 22.6. The molecule has 172 valence electrons. The molecule has 0 aliphatic heterocycles. The fraction of sp³-hybridized carbons (Fsp3) is 0.444. The molecule has 2 aromatic carbocycles. The van der Waals surface area contributed by atoms with E-state index in [2.05, 4.69) is 20.6 Å². The van der Waals surface area contributed by atoms with Crippen molar-refractivity contribution in [2.24, 2.45) is 5.92 Å². The maximum atomic E-state index is 12.7. The van der Waals surface area contributed by atoms with Crippen LogP contribution in [0.15, 0.2) is 42.5 Å². The van der Waals surface area contributed by atoms with Gasteiger partial charge in [0.15, 0.2) is 0 Å². The van der Waals surface area contributed by atoms with Gasteiger partial charge >= 0.3 is 0 Å². The first-order valence-electron chi connectivity index (χ1n) is 12.4. The molecule has 3 N–H and O–H groups in total. The standard InChI is InChI=1S/C27H32N4O2/c32-26(19-7-3-1-4-8-19)29-22-14-11-18(12-15-22)25-30-23-16-13-20(17-24(23)31-25)27(33)28-21-9-5-2-6-10-21/h11-17,19,21H,1-10H2,(H,28,33)(H,29,32)(H,30,31). The number of anilines is 1. The van der Waals surface area contributed by atoms with Crippen LogP contribution >= 0.6 is 0 Å². The van der Waals surface area contributed by atoms with Gasteiger partial charge in [-0.05, 0) is 68.1 Å². The summed E-state index contributed by atoms with van der Waals surface area (Å²) in [6, 6.07) is 13.7. The summed E-state index contributed by atoms with van der Waals surface area (Å²) in [5.41, 5.74) is 4.08. The van der Waals surface area contributed by atoms with Gasteiger partial charge in [0.2, 0.25) is 5.91 Å². The van der Waals surface area contributed by atoms with E-state index in [-0.39, 0.29) is 23.8 Å². The van der Waals surface area contributed by atoms with Gasteiger partial charge in [-0.15, -0.1) is 0 Å². The van der Waals surface area contributed by atoms with E-state index in [0.29, 0.717) is 5.56 Å². The molecule has 0 spiro atoms. The zero-order valence-corrected chi connectivity index (χ0v) is 19.0. The van der Waals surface area contributed by atoms with Crippen molar-refractivity contribution in [3.05, 3.63) is 48.0 Å². The maximum absolute atomic E-state index is 12.7. The van der Waals surface area contributed by atoms with Crippen LogP contribution in [-0.4, -0.2) is 27.8 Å². The van der Waals surface area contributed by atoms with Crippen molar-refractivity contribution in [3.8, 4) is 11.4 Å². The van der Waals surface area contributed by atoms with Crippen LogP contribution < -0.4 is 10.6 Å².